The van der Waals surface area contributed by atoms with E-state index in [1.807, 2.05) is 24.3 Å². The topological polar surface area (TPSA) is 59.1 Å². The Balaban J connectivity index is 2.16. The molecule has 3 N–H and O–H groups in total. The van der Waals surface area contributed by atoms with E-state index in [0.717, 1.165) is 17.7 Å². The summed E-state index contributed by atoms with van der Waals surface area (Å²) in [5, 5.41) is 7.36. The molecule has 0 saturated carbocycles. The van der Waals surface area contributed by atoms with E-state index in [1.54, 1.807) is 6.07 Å². The number of nitrogens with two attached hydrogens (primary N) is 1. The van der Waals surface area contributed by atoms with Crippen molar-refractivity contribution in [3.05, 3.63) is 65.0 Å². The highest BCUT2D eigenvalue weighted by atomic mass is 19.1. The number of nitrogen functional groups attached to an aromatic ring is 1. The van der Waals surface area contributed by atoms with E-state index >= 15 is 0 Å². The molecule has 3 nitrogen and oxygen atoms in total. The molecule has 0 aliphatic rings. The molecule has 0 aromatic heterocycles. The van der Waals surface area contributed by atoms with Crippen LogP contribution in [0.2, 0.25) is 0 Å². The monoisotopic (exact) mass is 272 g/mol. The van der Waals surface area contributed by atoms with Gasteiger partial charge in [0.2, 0.25) is 0 Å². The molecular weight excluding hydrogens is 255 g/mol. The van der Waals surface area contributed by atoms with E-state index < -0.39 is 5.82 Å². The van der Waals surface area contributed by atoms with Crippen molar-refractivity contribution in [1.82, 2.24) is 0 Å². The summed E-state index contributed by atoms with van der Waals surface area (Å²) in [5.74, 6) is 0.225. The molecule has 0 fully saturated rings. The molecular formula is C16H17FN2O. The van der Waals surface area contributed by atoms with Crippen LogP contribution in [0.5, 0.6) is 5.75 Å². The first-order valence-electron chi connectivity index (χ1n) is 6.44. The molecule has 0 aliphatic carbocycles. The predicted octanol–water partition coefficient (Wildman–Crippen LogP) is 3.25. The van der Waals surface area contributed by atoms with E-state index in [2.05, 4.69) is 6.92 Å². The summed E-state index contributed by atoms with van der Waals surface area (Å²) in [6.45, 7) is 2.30. The lowest BCUT2D eigenvalue weighted by atomic mass is 10.1. The van der Waals surface area contributed by atoms with Crippen LogP contribution in [0.15, 0.2) is 42.5 Å². The molecule has 0 atom stereocenters. The highest BCUT2D eigenvalue weighted by Gasteiger charge is 2.05. The van der Waals surface area contributed by atoms with E-state index in [4.69, 9.17) is 15.9 Å². The van der Waals surface area contributed by atoms with Crippen LogP contribution in [0.3, 0.4) is 0 Å². The van der Waals surface area contributed by atoms with Gasteiger partial charge in [0.1, 0.15) is 24.0 Å². The molecule has 2 aromatic carbocycles. The van der Waals surface area contributed by atoms with Gasteiger partial charge in [-0.25, -0.2) is 4.39 Å². The molecule has 0 radical (unpaired) electrons. The van der Waals surface area contributed by atoms with Gasteiger partial charge in [0.05, 0.1) is 0 Å². The Kier molecular flexibility index (Phi) is 4.35. The Morgan fingerprint density at radius 3 is 2.70 bits per heavy atom. The van der Waals surface area contributed by atoms with Crippen LogP contribution in [0.4, 0.5) is 4.39 Å². The number of amidine groups is 1. The van der Waals surface area contributed by atoms with Crippen molar-refractivity contribution in [2.45, 2.75) is 20.0 Å². The molecule has 2 aromatic rings. The SMILES string of the molecule is CCc1ccccc1OCc1cc(F)cc(C(=N)N)c1. The number of ether oxygens (including phenoxy) is 1. The predicted molar refractivity (Wildman–Crippen MR) is 77.6 cm³/mol. The third-order valence-corrected chi connectivity index (χ3v) is 3.02. The molecule has 0 spiro atoms. The number of nitrogens with one attached hydrogen (secondary N) is 1. The average molecular weight is 272 g/mol. The minimum Gasteiger partial charge on any atom is -0.489 e. The minimum absolute atomic E-state index is 0.153. The average Bonchev–Trinajstić information content (AvgIpc) is 2.44. The van der Waals surface area contributed by atoms with Crippen molar-refractivity contribution in [3.63, 3.8) is 0 Å². The minimum atomic E-state index is -0.417. The van der Waals surface area contributed by atoms with Gasteiger partial charge in [-0.05, 0) is 41.8 Å². The fourth-order valence-corrected chi connectivity index (χ4v) is 1.99. The fourth-order valence-electron chi connectivity index (χ4n) is 1.99. The zero-order valence-electron chi connectivity index (χ0n) is 11.3. The zero-order chi connectivity index (χ0) is 14.5. The summed E-state index contributed by atoms with van der Waals surface area (Å²) in [5.41, 5.74) is 7.51. The first-order chi connectivity index (χ1) is 9.60. The highest BCUT2D eigenvalue weighted by molar-refractivity contribution is 5.95. The number of rotatable bonds is 5. The molecule has 0 aliphatic heterocycles. The lowest BCUT2D eigenvalue weighted by Crippen LogP contribution is -2.12. The van der Waals surface area contributed by atoms with Crippen LogP contribution in [0.25, 0.3) is 0 Å². The Labute approximate surface area is 117 Å². The van der Waals surface area contributed by atoms with E-state index in [0.29, 0.717) is 11.1 Å². The standard InChI is InChI=1S/C16H17FN2O/c1-2-12-5-3-4-6-15(12)20-10-11-7-13(16(18)19)9-14(17)8-11/h3-9H,2,10H2,1H3,(H3,18,19). The van der Waals surface area contributed by atoms with Gasteiger partial charge in [-0.15, -0.1) is 0 Å². The highest BCUT2D eigenvalue weighted by Crippen LogP contribution is 2.20. The summed E-state index contributed by atoms with van der Waals surface area (Å²) in [6, 6.07) is 12.1. The molecule has 0 amide bonds. The molecule has 2 rings (SSSR count). The second kappa shape index (κ2) is 6.19. The third-order valence-electron chi connectivity index (χ3n) is 3.02. The van der Waals surface area contributed by atoms with Crippen LogP contribution >= 0.6 is 0 Å². The van der Waals surface area contributed by atoms with Crippen molar-refractivity contribution < 1.29 is 9.13 Å². The Hall–Kier alpha value is -2.36. The first-order valence-corrected chi connectivity index (χ1v) is 6.44. The first kappa shape index (κ1) is 14.1. The smallest absolute Gasteiger partial charge is 0.124 e. The lowest BCUT2D eigenvalue weighted by molar-refractivity contribution is 0.302. The quantitative estimate of drug-likeness (QED) is 0.648. The maximum absolute atomic E-state index is 13.5. The third kappa shape index (κ3) is 3.35. The molecule has 4 heteroatoms. The van der Waals surface area contributed by atoms with Crippen LogP contribution in [0, 0.1) is 11.2 Å². The van der Waals surface area contributed by atoms with Gasteiger partial charge in [0.25, 0.3) is 0 Å². The summed E-state index contributed by atoms with van der Waals surface area (Å²) in [7, 11) is 0. The second-order valence-electron chi connectivity index (χ2n) is 4.51. The number of para-hydroxylation sites is 1. The number of hydrogen-bond acceptors (Lipinski definition) is 2. The van der Waals surface area contributed by atoms with Gasteiger partial charge < -0.3 is 10.5 Å². The number of halogens is 1. The van der Waals surface area contributed by atoms with Crippen molar-refractivity contribution in [2.24, 2.45) is 5.73 Å². The second-order valence-corrected chi connectivity index (χ2v) is 4.51. The summed E-state index contributed by atoms with van der Waals surface area (Å²) in [4.78, 5) is 0. The normalized spacial score (nSPS) is 10.3. The number of benzene rings is 2. The Bertz CT molecular complexity index is 626. The van der Waals surface area contributed by atoms with E-state index in [1.165, 1.54) is 12.1 Å². The molecule has 0 unspecified atom stereocenters. The molecule has 20 heavy (non-hydrogen) atoms. The Morgan fingerprint density at radius 2 is 2.00 bits per heavy atom. The molecule has 0 heterocycles. The Morgan fingerprint density at radius 1 is 1.25 bits per heavy atom. The fraction of sp³-hybridized carbons (Fsp3) is 0.188. The van der Waals surface area contributed by atoms with Crippen LogP contribution in [0.1, 0.15) is 23.6 Å². The molecule has 0 saturated heterocycles. The van der Waals surface area contributed by atoms with Gasteiger partial charge in [-0.2, -0.15) is 0 Å². The summed E-state index contributed by atoms with van der Waals surface area (Å²) < 4.78 is 19.2. The van der Waals surface area contributed by atoms with Crippen molar-refractivity contribution in [2.75, 3.05) is 0 Å². The van der Waals surface area contributed by atoms with Crippen LogP contribution in [-0.4, -0.2) is 5.84 Å². The van der Waals surface area contributed by atoms with Gasteiger partial charge in [-0.1, -0.05) is 25.1 Å². The zero-order valence-corrected chi connectivity index (χ0v) is 11.3. The van der Waals surface area contributed by atoms with Crippen LogP contribution in [-0.2, 0) is 13.0 Å². The largest absolute Gasteiger partial charge is 0.489 e. The number of aryl methyl sites for hydroxylation is 1. The van der Waals surface area contributed by atoms with Gasteiger partial charge >= 0.3 is 0 Å². The maximum atomic E-state index is 13.5. The molecule has 104 valence electrons. The summed E-state index contributed by atoms with van der Waals surface area (Å²) >= 11 is 0. The van der Waals surface area contributed by atoms with E-state index in [-0.39, 0.29) is 12.4 Å². The van der Waals surface area contributed by atoms with Gasteiger partial charge in [-0.3, -0.25) is 5.41 Å². The number of hydrogen-bond donors (Lipinski definition) is 2. The molecule has 0 bridgehead atoms. The lowest BCUT2D eigenvalue weighted by Gasteiger charge is -2.11. The van der Waals surface area contributed by atoms with E-state index in [9.17, 15) is 4.39 Å². The van der Waals surface area contributed by atoms with Gasteiger partial charge in [0, 0.05) is 5.56 Å². The van der Waals surface area contributed by atoms with Crippen molar-refractivity contribution in [1.29, 1.82) is 5.41 Å². The van der Waals surface area contributed by atoms with Gasteiger partial charge in [0.15, 0.2) is 0 Å². The van der Waals surface area contributed by atoms with Crippen molar-refractivity contribution in [3.8, 4) is 5.75 Å². The summed E-state index contributed by atoms with van der Waals surface area (Å²) in [6.07, 6.45) is 0.873. The van der Waals surface area contributed by atoms with Crippen molar-refractivity contribution >= 4 is 5.84 Å². The maximum Gasteiger partial charge on any atom is 0.124 e. The van der Waals surface area contributed by atoms with Crippen LogP contribution < -0.4 is 10.5 Å².